The van der Waals surface area contributed by atoms with Crippen LogP contribution < -0.4 is 0 Å². The molecule has 2 nitrogen and oxygen atoms in total. The molecule has 1 unspecified atom stereocenters. The van der Waals surface area contributed by atoms with E-state index in [0.29, 0.717) is 12.2 Å². The fourth-order valence-corrected chi connectivity index (χ4v) is 3.12. The predicted molar refractivity (Wildman–Crippen MR) is 76.7 cm³/mol. The van der Waals surface area contributed by atoms with Crippen molar-refractivity contribution < 1.29 is 5.11 Å². The normalized spacial score (nSPS) is 12.6. The van der Waals surface area contributed by atoms with Gasteiger partial charge in [-0.05, 0) is 24.3 Å². The Morgan fingerprint density at radius 1 is 1.35 bits per heavy atom. The first-order chi connectivity index (χ1) is 8.24. The van der Waals surface area contributed by atoms with Crippen LogP contribution in [0.2, 0.25) is 0 Å². The third-order valence-electron chi connectivity index (χ3n) is 2.15. The smallest absolute Gasteiger partial charge is 0.0950 e. The van der Waals surface area contributed by atoms with Crippen LogP contribution in [0, 0.1) is 0 Å². The van der Waals surface area contributed by atoms with Gasteiger partial charge in [-0.25, -0.2) is 4.98 Å². The van der Waals surface area contributed by atoms with E-state index < -0.39 is 0 Å². The summed E-state index contributed by atoms with van der Waals surface area (Å²) >= 11 is 6.65. The molecule has 0 radical (unpaired) electrons. The summed E-state index contributed by atoms with van der Waals surface area (Å²) in [4.78, 5) is 5.34. The van der Waals surface area contributed by atoms with Gasteiger partial charge in [0.1, 0.15) is 0 Å². The Labute approximate surface area is 117 Å². The maximum atomic E-state index is 9.87. The lowest BCUT2D eigenvalue weighted by molar-refractivity contribution is 0.200. The van der Waals surface area contributed by atoms with Crippen LogP contribution in [0.15, 0.2) is 45.2 Å². The van der Waals surface area contributed by atoms with Crippen LogP contribution in [0.4, 0.5) is 0 Å². The molecule has 1 aromatic heterocycles. The Morgan fingerprint density at radius 2 is 2.12 bits per heavy atom. The molecule has 1 atom stereocenters. The summed E-state index contributed by atoms with van der Waals surface area (Å²) in [6.45, 7) is 0. The Morgan fingerprint density at radius 3 is 2.76 bits per heavy atom. The van der Waals surface area contributed by atoms with Crippen molar-refractivity contribution in [1.82, 2.24) is 4.98 Å². The minimum absolute atomic E-state index is 0.338. The number of thioether (sulfide) groups is 1. The highest BCUT2D eigenvalue weighted by Gasteiger charge is 2.08. The monoisotopic (exact) mass is 329 g/mol. The third-order valence-corrected chi connectivity index (χ3v) is 4.64. The molecule has 0 spiro atoms. The molecule has 17 heavy (non-hydrogen) atoms. The van der Waals surface area contributed by atoms with Crippen molar-refractivity contribution in [3.05, 3.63) is 45.3 Å². The zero-order valence-electron chi connectivity index (χ0n) is 9.04. The molecule has 0 saturated carbocycles. The van der Waals surface area contributed by atoms with E-state index in [-0.39, 0.29) is 6.10 Å². The molecular formula is C12H12BrNOS2. The molecule has 1 aromatic carbocycles. The molecule has 0 aliphatic heterocycles. The van der Waals surface area contributed by atoms with Gasteiger partial charge in [0, 0.05) is 33.1 Å². The van der Waals surface area contributed by atoms with Crippen LogP contribution in [-0.4, -0.2) is 21.9 Å². The van der Waals surface area contributed by atoms with E-state index in [0.717, 1.165) is 9.48 Å². The van der Waals surface area contributed by atoms with Crippen LogP contribution in [0.5, 0.6) is 0 Å². The summed E-state index contributed by atoms with van der Waals surface area (Å²) in [6.07, 6.45) is 2.07. The number of nitrogens with zero attached hydrogens (tertiary/aromatic N) is 1. The summed E-state index contributed by atoms with van der Waals surface area (Å²) in [5.74, 6) is 0.696. The Bertz CT molecular complexity index is 444. The summed E-state index contributed by atoms with van der Waals surface area (Å²) in [5.41, 5.74) is 0. The standard InChI is InChI=1S/C12H12BrNOS2/c13-9-1-3-11(4-2-9)17-8-10(15)7-12-14-5-6-16-12/h1-6,10,15H,7-8H2. The largest absolute Gasteiger partial charge is 0.392 e. The van der Waals surface area contributed by atoms with Gasteiger partial charge in [-0.3, -0.25) is 0 Å². The number of aliphatic hydroxyl groups excluding tert-OH is 1. The predicted octanol–water partition coefficient (Wildman–Crippen LogP) is 3.60. The number of hydrogen-bond acceptors (Lipinski definition) is 4. The first kappa shape index (κ1) is 13.1. The molecule has 0 aliphatic carbocycles. The van der Waals surface area contributed by atoms with E-state index in [1.807, 2.05) is 29.6 Å². The average molecular weight is 330 g/mol. The zero-order chi connectivity index (χ0) is 12.1. The number of halogens is 1. The Hall–Kier alpha value is -0.360. The fourth-order valence-electron chi connectivity index (χ4n) is 1.34. The molecule has 2 rings (SSSR count). The molecular weight excluding hydrogens is 318 g/mol. The van der Waals surface area contributed by atoms with E-state index in [2.05, 4.69) is 20.9 Å². The first-order valence-electron chi connectivity index (χ1n) is 5.19. The number of aliphatic hydroxyl groups is 1. The Kier molecular flexibility index (Phi) is 5.03. The van der Waals surface area contributed by atoms with E-state index in [1.54, 1.807) is 29.3 Å². The van der Waals surface area contributed by atoms with Gasteiger partial charge >= 0.3 is 0 Å². The van der Waals surface area contributed by atoms with E-state index in [4.69, 9.17) is 0 Å². The molecule has 0 bridgehead atoms. The molecule has 0 amide bonds. The van der Waals surface area contributed by atoms with Gasteiger partial charge in [0.05, 0.1) is 11.1 Å². The summed E-state index contributed by atoms with van der Waals surface area (Å²) in [6, 6.07) is 8.11. The highest BCUT2D eigenvalue weighted by Crippen LogP contribution is 2.22. The van der Waals surface area contributed by atoms with Crippen LogP contribution in [-0.2, 0) is 6.42 Å². The van der Waals surface area contributed by atoms with Crippen molar-refractivity contribution >= 4 is 39.0 Å². The maximum Gasteiger partial charge on any atom is 0.0950 e. The first-order valence-corrected chi connectivity index (χ1v) is 7.84. The number of rotatable bonds is 5. The fraction of sp³-hybridized carbons (Fsp3) is 0.250. The van der Waals surface area contributed by atoms with Crippen LogP contribution >= 0.6 is 39.0 Å². The summed E-state index contributed by atoms with van der Waals surface area (Å²) < 4.78 is 1.07. The molecule has 0 saturated heterocycles. The van der Waals surface area contributed by atoms with Crippen molar-refractivity contribution in [2.24, 2.45) is 0 Å². The molecule has 1 N–H and O–H groups in total. The minimum atomic E-state index is -0.338. The van der Waals surface area contributed by atoms with Crippen molar-refractivity contribution in [3.63, 3.8) is 0 Å². The zero-order valence-corrected chi connectivity index (χ0v) is 12.3. The molecule has 90 valence electrons. The highest BCUT2D eigenvalue weighted by atomic mass is 79.9. The second-order valence-corrected chi connectivity index (χ2v) is 6.54. The molecule has 5 heteroatoms. The van der Waals surface area contributed by atoms with Crippen LogP contribution in [0.25, 0.3) is 0 Å². The second-order valence-electron chi connectivity index (χ2n) is 3.55. The number of thiazole rings is 1. The SMILES string of the molecule is OC(CSc1ccc(Br)cc1)Cc1nccs1. The molecule has 0 aliphatic rings. The lowest BCUT2D eigenvalue weighted by Gasteiger charge is -2.08. The highest BCUT2D eigenvalue weighted by molar-refractivity contribution is 9.10. The maximum absolute atomic E-state index is 9.87. The summed E-state index contributed by atoms with van der Waals surface area (Å²) in [7, 11) is 0. The average Bonchev–Trinajstić information content (AvgIpc) is 2.81. The third kappa shape index (κ3) is 4.43. The quantitative estimate of drug-likeness (QED) is 0.851. The number of aromatic nitrogens is 1. The van der Waals surface area contributed by atoms with Gasteiger partial charge in [0.25, 0.3) is 0 Å². The van der Waals surface area contributed by atoms with E-state index in [1.165, 1.54) is 4.90 Å². The topological polar surface area (TPSA) is 33.1 Å². The van der Waals surface area contributed by atoms with Crippen LogP contribution in [0.3, 0.4) is 0 Å². The van der Waals surface area contributed by atoms with Crippen molar-refractivity contribution in [3.8, 4) is 0 Å². The lowest BCUT2D eigenvalue weighted by Crippen LogP contribution is -2.13. The molecule has 1 heterocycles. The Balaban J connectivity index is 1.79. The minimum Gasteiger partial charge on any atom is -0.392 e. The van der Waals surface area contributed by atoms with Crippen molar-refractivity contribution in [2.75, 3.05) is 5.75 Å². The second kappa shape index (κ2) is 6.54. The lowest BCUT2D eigenvalue weighted by atomic mass is 10.3. The van der Waals surface area contributed by atoms with Gasteiger partial charge < -0.3 is 5.11 Å². The summed E-state index contributed by atoms with van der Waals surface area (Å²) in [5, 5.41) is 12.8. The van der Waals surface area contributed by atoms with Crippen molar-refractivity contribution in [2.45, 2.75) is 17.4 Å². The van der Waals surface area contributed by atoms with E-state index in [9.17, 15) is 5.11 Å². The van der Waals surface area contributed by atoms with Gasteiger partial charge in [-0.2, -0.15) is 0 Å². The number of hydrogen-bond donors (Lipinski definition) is 1. The van der Waals surface area contributed by atoms with Crippen molar-refractivity contribution in [1.29, 1.82) is 0 Å². The van der Waals surface area contributed by atoms with Gasteiger partial charge in [0.15, 0.2) is 0 Å². The van der Waals surface area contributed by atoms with Gasteiger partial charge in [-0.1, -0.05) is 15.9 Å². The van der Waals surface area contributed by atoms with Gasteiger partial charge in [0.2, 0.25) is 0 Å². The number of benzene rings is 1. The molecule has 0 fully saturated rings. The van der Waals surface area contributed by atoms with Crippen LogP contribution in [0.1, 0.15) is 5.01 Å². The molecule has 2 aromatic rings. The van der Waals surface area contributed by atoms with Gasteiger partial charge in [-0.15, -0.1) is 23.1 Å². The van der Waals surface area contributed by atoms with E-state index >= 15 is 0 Å².